The molecule has 0 radical (unpaired) electrons. The molecule has 1 aromatic heterocycles. The molecule has 166 valence electrons. The molecule has 0 aliphatic carbocycles. The number of para-hydroxylation sites is 2. The van der Waals surface area contributed by atoms with Crippen molar-refractivity contribution in [1.29, 1.82) is 0 Å². The number of hydrogen-bond donors (Lipinski definition) is 1. The Bertz CT molecular complexity index is 1120. The van der Waals surface area contributed by atoms with E-state index >= 15 is 0 Å². The molecular weight excluding hydrogens is 429 g/mol. The van der Waals surface area contributed by atoms with Gasteiger partial charge in [0.05, 0.1) is 12.8 Å². The molecular formula is C23H24FN5O2S. The minimum atomic E-state index is -1.16. The van der Waals surface area contributed by atoms with Gasteiger partial charge in [-0.25, -0.2) is 9.37 Å². The lowest BCUT2D eigenvalue weighted by Crippen LogP contribution is -2.47. The van der Waals surface area contributed by atoms with Crippen LogP contribution >= 0.6 is 0 Å². The van der Waals surface area contributed by atoms with Crippen molar-refractivity contribution in [2.45, 2.75) is 11.3 Å². The van der Waals surface area contributed by atoms with E-state index in [0.29, 0.717) is 34.5 Å². The number of aromatic nitrogens is 2. The molecule has 3 heterocycles. The molecule has 0 saturated carbocycles. The maximum absolute atomic E-state index is 13.7. The summed E-state index contributed by atoms with van der Waals surface area (Å²) in [6.07, 6.45) is 0.649. The first-order valence-electron chi connectivity index (χ1n) is 10.6. The molecule has 2 aliphatic heterocycles. The van der Waals surface area contributed by atoms with Gasteiger partial charge in [-0.05, 0) is 41.5 Å². The first-order valence-corrected chi connectivity index (χ1v) is 11.9. The standard InChI is InChI=1S/C23H24FN5O2S/c1-31-20-8-3-2-7-19(20)28-10-12-29(13-11-28)23-26-18-9-14-32(30)21(18)22(27-23)25-17-6-4-5-16(24)15-17/h2-8,15H,9-14H2,1H3,(H,25,26,27). The predicted octanol–water partition coefficient (Wildman–Crippen LogP) is 3.36. The van der Waals surface area contributed by atoms with Crippen LogP contribution in [0.25, 0.3) is 0 Å². The van der Waals surface area contributed by atoms with Gasteiger partial charge in [0.15, 0.2) is 5.82 Å². The van der Waals surface area contributed by atoms with E-state index in [4.69, 9.17) is 14.7 Å². The monoisotopic (exact) mass is 453 g/mol. The Kier molecular flexibility index (Phi) is 5.75. The molecule has 0 spiro atoms. The highest BCUT2D eigenvalue weighted by Gasteiger charge is 2.33. The summed E-state index contributed by atoms with van der Waals surface area (Å²) in [7, 11) is 1.69. The van der Waals surface area contributed by atoms with E-state index in [9.17, 15) is 8.94 Å². The SMILES string of the molecule is COc1ccccc1N1CCN(c2nc3c(c(Nc4cccc(F)c4)n2)[S+]([O-])CC3)CC1. The Labute approximate surface area is 189 Å². The minimum Gasteiger partial charge on any atom is -0.611 e. The smallest absolute Gasteiger partial charge is 0.228 e. The summed E-state index contributed by atoms with van der Waals surface area (Å²) in [5, 5.41) is 3.17. The van der Waals surface area contributed by atoms with Crippen LogP contribution in [0.5, 0.6) is 5.75 Å². The van der Waals surface area contributed by atoms with Crippen molar-refractivity contribution < 1.29 is 13.7 Å². The fourth-order valence-corrected chi connectivity index (χ4v) is 5.46. The van der Waals surface area contributed by atoms with Crippen LogP contribution in [0.15, 0.2) is 53.4 Å². The van der Waals surface area contributed by atoms with Crippen molar-refractivity contribution in [3.05, 3.63) is 60.0 Å². The van der Waals surface area contributed by atoms with E-state index in [1.54, 1.807) is 19.2 Å². The third kappa shape index (κ3) is 4.05. The summed E-state index contributed by atoms with van der Waals surface area (Å²) in [5.41, 5.74) is 2.45. The first kappa shape index (κ1) is 20.8. The zero-order chi connectivity index (χ0) is 22.1. The second-order valence-corrected chi connectivity index (χ2v) is 9.24. The zero-order valence-corrected chi connectivity index (χ0v) is 18.6. The molecule has 1 saturated heterocycles. The van der Waals surface area contributed by atoms with Gasteiger partial charge in [-0.1, -0.05) is 18.2 Å². The van der Waals surface area contributed by atoms with Gasteiger partial charge in [-0.15, -0.1) is 0 Å². The van der Waals surface area contributed by atoms with Crippen molar-refractivity contribution in [2.75, 3.05) is 54.2 Å². The Morgan fingerprint density at radius 1 is 1.03 bits per heavy atom. The number of ether oxygens (including phenoxy) is 1. The van der Waals surface area contributed by atoms with Gasteiger partial charge >= 0.3 is 0 Å². The Balaban J connectivity index is 1.39. The van der Waals surface area contributed by atoms with Gasteiger partial charge in [0, 0.05) is 38.3 Å². The number of fused-ring (bicyclic) bond motifs is 1. The third-order valence-electron chi connectivity index (χ3n) is 5.75. The lowest BCUT2D eigenvalue weighted by Gasteiger charge is -2.36. The van der Waals surface area contributed by atoms with Gasteiger partial charge < -0.3 is 24.4 Å². The first-order chi connectivity index (χ1) is 15.6. The van der Waals surface area contributed by atoms with E-state index < -0.39 is 11.2 Å². The highest BCUT2D eigenvalue weighted by atomic mass is 32.2. The molecule has 0 bridgehead atoms. The van der Waals surface area contributed by atoms with Crippen LogP contribution in [-0.4, -0.2) is 53.6 Å². The number of piperazine rings is 1. The number of nitrogens with one attached hydrogen (secondary N) is 1. The Morgan fingerprint density at radius 3 is 2.59 bits per heavy atom. The number of aryl methyl sites for hydroxylation is 1. The topological polar surface area (TPSA) is 76.6 Å². The largest absolute Gasteiger partial charge is 0.611 e. The van der Waals surface area contributed by atoms with Crippen LogP contribution in [0, 0.1) is 5.82 Å². The number of anilines is 4. The second-order valence-electron chi connectivity index (χ2n) is 7.73. The van der Waals surface area contributed by atoms with Crippen LogP contribution in [0.2, 0.25) is 0 Å². The lowest BCUT2D eigenvalue weighted by molar-refractivity contribution is 0.413. The van der Waals surface area contributed by atoms with E-state index in [2.05, 4.69) is 21.2 Å². The average molecular weight is 454 g/mol. The van der Waals surface area contributed by atoms with Crippen molar-refractivity contribution in [3.63, 3.8) is 0 Å². The van der Waals surface area contributed by atoms with E-state index in [1.807, 2.05) is 18.2 Å². The summed E-state index contributed by atoms with van der Waals surface area (Å²) in [4.78, 5) is 14.5. The van der Waals surface area contributed by atoms with Crippen molar-refractivity contribution >= 4 is 34.3 Å². The predicted molar refractivity (Wildman–Crippen MR) is 124 cm³/mol. The minimum absolute atomic E-state index is 0.338. The average Bonchev–Trinajstić information content (AvgIpc) is 3.20. The molecule has 9 heteroatoms. The summed E-state index contributed by atoms with van der Waals surface area (Å²) in [6, 6.07) is 14.2. The van der Waals surface area contributed by atoms with Crippen LogP contribution in [0.4, 0.5) is 27.5 Å². The molecule has 2 aromatic carbocycles. The normalized spacial score (nSPS) is 17.9. The van der Waals surface area contributed by atoms with Crippen LogP contribution < -0.4 is 19.9 Å². The fraction of sp³-hybridized carbons (Fsp3) is 0.304. The van der Waals surface area contributed by atoms with Crippen molar-refractivity contribution in [2.24, 2.45) is 0 Å². The van der Waals surface area contributed by atoms with Gasteiger partial charge in [-0.2, -0.15) is 4.98 Å². The summed E-state index contributed by atoms with van der Waals surface area (Å²) < 4.78 is 31.8. The maximum atomic E-state index is 13.7. The quantitative estimate of drug-likeness (QED) is 0.594. The van der Waals surface area contributed by atoms with E-state index in [0.717, 1.165) is 43.3 Å². The van der Waals surface area contributed by atoms with Gasteiger partial charge in [0.1, 0.15) is 23.0 Å². The molecule has 7 nitrogen and oxygen atoms in total. The molecule has 5 rings (SSSR count). The van der Waals surface area contributed by atoms with Crippen LogP contribution in [-0.2, 0) is 17.6 Å². The van der Waals surface area contributed by atoms with Crippen LogP contribution in [0.3, 0.4) is 0 Å². The molecule has 1 atom stereocenters. The second kappa shape index (κ2) is 8.84. The van der Waals surface area contributed by atoms with Crippen molar-refractivity contribution in [1.82, 2.24) is 9.97 Å². The molecule has 1 fully saturated rings. The number of rotatable bonds is 5. The number of methoxy groups -OCH3 is 1. The summed E-state index contributed by atoms with van der Waals surface area (Å²) in [6.45, 7) is 3.11. The summed E-state index contributed by atoms with van der Waals surface area (Å²) >= 11 is -1.16. The number of hydrogen-bond acceptors (Lipinski definition) is 7. The number of halogens is 1. The molecule has 32 heavy (non-hydrogen) atoms. The van der Waals surface area contributed by atoms with E-state index in [-0.39, 0.29) is 5.82 Å². The lowest BCUT2D eigenvalue weighted by atomic mass is 10.2. The molecule has 1 N–H and O–H groups in total. The highest BCUT2D eigenvalue weighted by molar-refractivity contribution is 7.91. The van der Waals surface area contributed by atoms with Crippen molar-refractivity contribution in [3.8, 4) is 5.75 Å². The Morgan fingerprint density at radius 2 is 1.81 bits per heavy atom. The van der Waals surface area contributed by atoms with Crippen LogP contribution in [0.1, 0.15) is 5.69 Å². The van der Waals surface area contributed by atoms with Gasteiger partial charge in [-0.3, -0.25) is 0 Å². The summed E-state index contributed by atoms with van der Waals surface area (Å²) in [5.74, 6) is 2.17. The molecule has 1 unspecified atom stereocenters. The zero-order valence-electron chi connectivity index (χ0n) is 17.8. The molecule has 0 amide bonds. The molecule has 2 aliphatic rings. The fourth-order valence-electron chi connectivity index (χ4n) is 4.15. The number of nitrogens with zero attached hydrogens (tertiary/aromatic N) is 4. The van der Waals surface area contributed by atoms with Gasteiger partial charge in [0.25, 0.3) is 0 Å². The maximum Gasteiger partial charge on any atom is 0.228 e. The molecule has 3 aromatic rings. The van der Waals surface area contributed by atoms with E-state index in [1.165, 1.54) is 12.1 Å². The highest BCUT2D eigenvalue weighted by Crippen LogP contribution is 2.34. The third-order valence-corrected chi connectivity index (χ3v) is 7.21. The Hall–Kier alpha value is -3.04. The van der Waals surface area contributed by atoms with Gasteiger partial charge in [0.2, 0.25) is 10.8 Å². The number of benzene rings is 2.